The van der Waals surface area contributed by atoms with Gasteiger partial charge in [-0.2, -0.15) is 0 Å². The third-order valence-corrected chi connectivity index (χ3v) is 4.00. The van der Waals surface area contributed by atoms with Crippen molar-refractivity contribution in [3.8, 4) is 23.7 Å². The van der Waals surface area contributed by atoms with Crippen LogP contribution in [0.25, 0.3) is 0 Å². The number of sulfone groups is 1. The van der Waals surface area contributed by atoms with Gasteiger partial charge in [-0.1, -0.05) is 23.4 Å². The molecule has 14 heavy (non-hydrogen) atoms. The maximum Gasteiger partial charge on any atom is 0.196 e. The van der Waals surface area contributed by atoms with E-state index in [1.165, 1.54) is 0 Å². The Kier molecular flexibility index (Phi) is 4.32. The van der Waals surface area contributed by atoms with E-state index in [0.717, 1.165) is 19.3 Å². The molecule has 2 nitrogen and oxygen atoms in total. The van der Waals surface area contributed by atoms with Crippen molar-refractivity contribution >= 4 is 21.4 Å². The predicted octanol–water partition coefficient (Wildman–Crippen LogP) is 1.55. The van der Waals surface area contributed by atoms with Gasteiger partial charge < -0.3 is 0 Å². The van der Waals surface area contributed by atoms with Crippen LogP contribution in [0, 0.1) is 23.7 Å². The van der Waals surface area contributed by atoms with Crippen molar-refractivity contribution in [1.29, 1.82) is 0 Å². The minimum Gasteiger partial charge on any atom is -0.225 e. The van der Waals surface area contributed by atoms with Gasteiger partial charge in [-0.3, -0.25) is 0 Å². The lowest BCUT2D eigenvalue weighted by molar-refractivity contribution is 0.600. The quantitative estimate of drug-likeness (QED) is 0.468. The number of hydrogen-bond donors (Lipinski definition) is 0. The van der Waals surface area contributed by atoms with E-state index in [0.29, 0.717) is 6.42 Å². The molecule has 0 N–H and O–H groups in total. The zero-order valence-electron chi connectivity index (χ0n) is 7.72. The van der Waals surface area contributed by atoms with Crippen LogP contribution >= 0.6 is 11.6 Å². The molecule has 0 aromatic carbocycles. The third-order valence-electron chi connectivity index (χ3n) is 1.78. The third kappa shape index (κ3) is 3.62. The molecule has 1 aliphatic rings. The molecular weight excluding hydrogens is 220 g/mol. The van der Waals surface area contributed by atoms with Gasteiger partial charge in [0, 0.05) is 12.8 Å². The highest BCUT2D eigenvalue weighted by Crippen LogP contribution is 2.07. The Bertz CT molecular complexity index is 403. The molecule has 0 saturated carbocycles. The molecule has 1 heterocycles. The average Bonchev–Trinajstić information content (AvgIpc) is 2.16. The molecule has 0 saturated heterocycles. The molecule has 0 aromatic rings. The van der Waals surface area contributed by atoms with Gasteiger partial charge in [0.25, 0.3) is 0 Å². The predicted molar refractivity (Wildman–Crippen MR) is 57.4 cm³/mol. The SMILES string of the molecule is O=S1(=O)CC#CCCCCC#CC1Cl. The number of alkyl halides is 1. The zero-order chi connectivity index (χ0) is 10.4. The summed E-state index contributed by atoms with van der Waals surface area (Å²) < 4.78 is 21.7. The molecule has 0 spiro atoms. The van der Waals surface area contributed by atoms with Gasteiger partial charge in [-0.15, -0.1) is 11.8 Å². The van der Waals surface area contributed by atoms with E-state index in [4.69, 9.17) is 11.6 Å². The van der Waals surface area contributed by atoms with Crippen molar-refractivity contribution in [3.63, 3.8) is 0 Å². The molecule has 1 rings (SSSR count). The van der Waals surface area contributed by atoms with Crippen LogP contribution in [0.1, 0.15) is 25.7 Å². The van der Waals surface area contributed by atoms with Crippen LogP contribution in [0.5, 0.6) is 0 Å². The number of rotatable bonds is 0. The maximum absolute atomic E-state index is 11.4. The molecule has 1 atom stereocenters. The Hall–Kier alpha value is -0.640. The first-order valence-corrected chi connectivity index (χ1v) is 6.58. The topological polar surface area (TPSA) is 34.1 Å². The summed E-state index contributed by atoms with van der Waals surface area (Å²) in [5.41, 5.74) is 0. The largest absolute Gasteiger partial charge is 0.225 e. The van der Waals surface area contributed by atoms with E-state index in [-0.39, 0.29) is 5.75 Å². The lowest BCUT2D eigenvalue weighted by Gasteiger charge is -1.99. The Morgan fingerprint density at radius 1 is 1.07 bits per heavy atom. The van der Waals surface area contributed by atoms with E-state index in [9.17, 15) is 8.42 Å². The molecule has 0 fully saturated rings. The Morgan fingerprint density at radius 3 is 2.43 bits per heavy atom. The highest BCUT2D eigenvalue weighted by Gasteiger charge is 2.19. The van der Waals surface area contributed by atoms with E-state index < -0.39 is 14.5 Å². The Balaban J connectivity index is 2.84. The van der Waals surface area contributed by atoms with Crippen LogP contribution in [0.4, 0.5) is 0 Å². The van der Waals surface area contributed by atoms with Crippen LogP contribution < -0.4 is 0 Å². The second-order valence-corrected chi connectivity index (χ2v) is 5.79. The molecule has 0 aromatic heterocycles. The molecule has 1 unspecified atom stereocenters. The Labute approximate surface area is 89.9 Å². The summed E-state index contributed by atoms with van der Waals surface area (Å²) in [6.45, 7) is 0. The molecule has 0 amide bonds. The first-order chi connectivity index (χ1) is 6.63. The summed E-state index contributed by atoms with van der Waals surface area (Å²) in [6.07, 6.45) is 3.35. The van der Waals surface area contributed by atoms with Gasteiger partial charge in [-0.25, -0.2) is 8.42 Å². The lowest BCUT2D eigenvalue weighted by Crippen LogP contribution is -2.16. The minimum absolute atomic E-state index is 0.185. The smallest absolute Gasteiger partial charge is 0.196 e. The second kappa shape index (κ2) is 5.29. The van der Waals surface area contributed by atoms with Crippen LogP contribution in [-0.4, -0.2) is 18.9 Å². The first-order valence-electron chi connectivity index (χ1n) is 4.43. The fourth-order valence-corrected chi connectivity index (χ4v) is 1.96. The summed E-state index contributed by atoms with van der Waals surface area (Å²) in [6, 6.07) is 0. The highest BCUT2D eigenvalue weighted by molar-refractivity contribution is 7.93. The number of halogens is 1. The lowest BCUT2D eigenvalue weighted by atomic mass is 10.2. The molecule has 4 heteroatoms. The van der Waals surface area contributed by atoms with E-state index >= 15 is 0 Å². The van der Waals surface area contributed by atoms with Crippen LogP contribution in [-0.2, 0) is 9.84 Å². The van der Waals surface area contributed by atoms with Gasteiger partial charge >= 0.3 is 0 Å². The normalized spacial score (nSPS) is 25.9. The number of hydrogen-bond acceptors (Lipinski definition) is 2. The summed E-state index contributed by atoms with van der Waals surface area (Å²) in [7, 11) is -3.36. The second-order valence-electron chi connectivity index (χ2n) is 3.01. The summed E-state index contributed by atoms with van der Waals surface area (Å²) in [5, 5.41) is 0. The monoisotopic (exact) mass is 230 g/mol. The zero-order valence-corrected chi connectivity index (χ0v) is 9.29. The molecule has 76 valence electrons. The van der Waals surface area contributed by atoms with Crippen molar-refractivity contribution < 1.29 is 8.42 Å². The standard InChI is InChI=1S/C10H11ClO2S/c11-10-8-6-4-2-1-3-5-7-9-14(10,12)13/h10H,1-4,9H2. The first kappa shape index (κ1) is 11.4. The van der Waals surface area contributed by atoms with Crippen LogP contribution in [0.2, 0.25) is 0 Å². The maximum atomic E-state index is 11.4. The molecule has 0 bridgehead atoms. The highest BCUT2D eigenvalue weighted by atomic mass is 35.5. The van der Waals surface area contributed by atoms with E-state index in [1.807, 2.05) is 0 Å². The Morgan fingerprint density at radius 2 is 1.71 bits per heavy atom. The van der Waals surface area contributed by atoms with Crippen molar-refractivity contribution in [2.75, 3.05) is 5.75 Å². The van der Waals surface area contributed by atoms with E-state index in [1.54, 1.807) is 0 Å². The van der Waals surface area contributed by atoms with Gasteiger partial charge in [0.05, 0.1) is 0 Å². The van der Waals surface area contributed by atoms with Gasteiger partial charge in [0.2, 0.25) is 0 Å². The van der Waals surface area contributed by atoms with Crippen molar-refractivity contribution in [2.24, 2.45) is 0 Å². The van der Waals surface area contributed by atoms with Gasteiger partial charge in [-0.05, 0) is 12.8 Å². The summed E-state index contributed by atoms with van der Waals surface area (Å²) in [4.78, 5) is 0. The fourth-order valence-electron chi connectivity index (χ4n) is 0.982. The average molecular weight is 231 g/mol. The molecule has 1 aliphatic heterocycles. The molecule has 0 radical (unpaired) electrons. The molecule has 0 aliphatic carbocycles. The summed E-state index contributed by atoms with van der Waals surface area (Å²) >= 11 is 5.64. The minimum atomic E-state index is -3.36. The van der Waals surface area contributed by atoms with Crippen LogP contribution in [0.3, 0.4) is 0 Å². The summed E-state index contributed by atoms with van der Waals surface area (Å²) in [5.74, 6) is 10.5. The van der Waals surface area contributed by atoms with Gasteiger partial charge in [0.15, 0.2) is 14.5 Å². The van der Waals surface area contributed by atoms with E-state index in [2.05, 4.69) is 23.7 Å². The van der Waals surface area contributed by atoms with Crippen molar-refractivity contribution in [3.05, 3.63) is 0 Å². The van der Waals surface area contributed by atoms with Gasteiger partial charge in [0.1, 0.15) is 5.75 Å². The van der Waals surface area contributed by atoms with Crippen LogP contribution in [0.15, 0.2) is 0 Å². The van der Waals surface area contributed by atoms with Crippen molar-refractivity contribution in [1.82, 2.24) is 0 Å². The fraction of sp³-hybridized carbons (Fsp3) is 0.600. The van der Waals surface area contributed by atoms with Crippen molar-refractivity contribution in [2.45, 2.75) is 30.4 Å². The molecular formula is C10H11ClO2S.